The number of carbonyl (C=O) groups is 1. The van der Waals surface area contributed by atoms with Gasteiger partial charge in [0.1, 0.15) is 11.6 Å². The Morgan fingerprint density at radius 3 is 2.83 bits per heavy atom. The van der Waals surface area contributed by atoms with E-state index in [4.69, 9.17) is 4.74 Å². The minimum Gasteiger partial charge on any atom is -0.496 e. The van der Waals surface area contributed by atoms with Gasteiger partial charge in [0, 0.05) is 36.3 Å². The van der Waals surface area contributed by atoms with E-state index >= 15 is 0 Å². The average molecular weight is 409 g/mol. The molecule has 0 fully saturated rings. The van der Waals surface area contributed by atoms with E-state index in [1.807, 2.05) is 20.0 Å². The summed E-state index contributed by atoms with van der Waals surface area (Å²) in [6, 6.07) is 9.87. The number of methoxy groups -OCH3 is 1. The monoisotopic (exact) mass is 409 g/mol. The van der Waals surface area contributed by atoms with Crippen LogP contribution in [0.2, 0.25) is 0 Å². The zero-order chi connectivity index (χ0) is 21.3. The highest BCUT2D eigenvalue weighted by Crippen LogP contribution is 2.43. The minimum atomic E-state index is -0.343. The number of halogens is 1. The van der Waals surface area contributed by atoms with E-state index in [1.165, 1.54) is 16.8 Å². The Morgan fingerprint density at radius 2 is 2.10 bits per heavy atom. The van der Waals surface area contributed by atoms with Crippen LogP contribution in [0.5, 0.6) is 5.75 Å². The number of aromatic nitrogens is 2. The number of amides is 1. The second-order valence-electron chi connectivity index (χ2n) is 7.21. The molecule has 3 N–H and O–H groups in total. The maximum Gasteiger partial charge on any atom is 0.342 e. The zero-order valence-corrected chi connectivity index (χ0v) is 17.2. The Hall–Kier alpha value is -3.39. The highest BCUT2D eigenvalue weighted by Gasteiger charge is 2.31. The average Bonchev–Trinajstić information content (AvgIpc) is 3.25. The fourth-order valence-corrected chi connectivity index (χ4v) is 3.74. The fourth-order valence-electron chi connectivity index (χ4n) is 3.74. The van der Waals surface area contributed by atoms with Gasteiger partial charge in [-0.3, -0.25) is 0 Å². The van der Waals surface area contributed by atoms with Gasteiger partial charge in [0.2, 0.25) is 0 Å². The van der Waals surface area contributed by atoms with Gasteiger partial charge in [0.15, 0.2) is 5.82 Å². The summed E-state index contributed by atoms with van der Waals surface area (Å²) in [5.41, 5.74) is 5.23. The quantitative estimate of drug-likeness (QED) is 0.425. The SMILES string of the molecule is CNCCNC(=O)n1nc(Nc2cccc(F)c2)c2c1-c1cc(OC)c(C)cc1C2. The molecule has 1 aliphatic carbocycles. The Kier molecular flexibility index (Phi) is 5.41. The van der Waals surface area contributed by atoms with Crippen LogP contribution in [-0.2, 0) is 6.42 Å². The summed E-state index contributed by atoms with van der Waals surface area (Å²) in [6.45, 7) is 3.11. The summed E-state index contributed by atoms with van der Waals surface area (Å²) in [6.07, 6.45) is 0.622. The lowest BCUT2D eigenvalue weighted by molar-refractivity contribution is 0.240. The van der Waals surface area contributed by atoms with Crippen LogP contribution < -0.4 is 20.7 Å². The zero-order valence-electron chi connectivity index (χ0n) is 17.2. The molecule has 0 saturated carbocycles. The first-order chi connectivity index (χ1) is 14.5. The van der Waals surface area contributed by atoms with Crippen LogP contribution >= 0.6 is 0 Å². The smallest absolute Gasteiger partial charge is 0.342 e. The fraction of sp³-hybridized carbons (Fsp3) is 0.273. The predicted molar refractivity (Wildman–Crippen MR) is 114 cm³/mol. The van der Waals surface area contributed by atoms with Gasteiger partial charge in [-0.2, -0.15) is 4.68 Å². The Labute approximate surface area is 174 Å². The largest absolute Gasteiger partial charge is 0.496 e. The normalized spacial score (nSPS) is 11.7. The molecule has 0 aliphatic heterocycles. The van der Waals surface area contributed by atoms with Gasteiger partial charge in [0.25, 0.3) is 0 Å². The molecule has 0 unspecified atom stereocenters. The van der Waals surface area contributed by atoms with E-state index in [2.05, 4.69) is 27.1 Å². The van der Waals surface area contributed by atoms with E-state index in [9.17, 15) is 9.18 Å². The van der Waals surface area contributed by atoms with Gasteiger partial charge in [-0.1, -0.05) is 12.1 Å². The van der Waals surface area contributed by atoms with Gasteiger partial charge >= 0.3 is 6.03 Å². The molecule has 7 nitrogen and oxygen atoms in total. The molecule has 0 bridgehead atoms. The van der Waals surface area contributed by atoms with Crippen molar-refractivity contribution in [1.29, 1.82) is 0 Å². The molecule has 1 aliphatic rings. The molecule has 0 saturated heterocycles. The van der Waals surface area contributed by atoms with Crippen molar-refractivity contribution in [2.75, 3.05) is 32.6 Å². The topological polar surface area (TPSA) is 80.2 Å². The van der Waals surface area contributed by atoms with Crippen LogP contribution in [0, 0.1) is 12.7 Å². The first kappa shape index (κ1) is 19.9. The molecule has 0 radical (unpaired) electrons. The van der Waals surface area contributed by atoms with E-state index in [0.717, 1.165) is 33.7 Å². The van der Waals surface area contributed by atoms with Crippen molar-refractivity contribution in [2.24, 2.45) is 0 Å². The maximum absolute atomic E-state index is 13.6. The molecule has 30 heavy (non-hydrogen) atoms. The number of rotatable bonds is 6. The number of nitrogens with zero attached hydrogens (tertiary/aromatic N) is 2. The summed E-state index contributed by atoms with van der Waals surface area (Å²) in [4.78, 5) is 12.9. The molecule has 4 rings (SSSR count). The summed E-state index contributed by atoms with van der Waals surface area (Å²) in [5, 5.41) is 13.6. The van der Waals surface area contributed by atoms with Crippen molar-refractivity contribution in [2.45, 2.75) is 13.3 Å². The van der Waals surface area contributed by atoms with Crippen LogP contribution in [0.4, 0.5) is 20.7 Å². The molecule has 8 heteroatoms. The van der Waals surface area contributed by atoms with Gasteiger partial charge in [-0.15, -0.1) is 5.10 Å². The number of fused-ring (bicyclic) bond motifs is 3. The molecule has 1 heterocycles. The highest BCUT2D eigenvalue weighted by molar-refractivity contribution is 5.89. The van der Waals surface area contributed by atoms with Gasteiger partial charge < -0.3 is 20.7 Å². The number of ether oxygens (including phenoxy) is 1. The highest BCUT2D eigenvalue weighted by atomic mass is 19.1. The molecule has 156 valence electrons. The predicted octanol–water partition coefficient (Wildman–Crippen LogP) is 3.43. The number of benzene rings is 2. The second-order valence-corrected chi connectivity index (χ2v) is 7.21. The molecule has 1 aromatic heterocycles. The van der Waals surface area contributed by atoms with Crippen molar-refractivity contribution in [3.05, 3.63) is 58.9 Å². The molecular weight excluding hydrogens is 385 g/mol. The molecule has 2 aromatic carbocycles. The van der Waals surface area contributed by atoms with Crippen molar-refractivity contribution < 1.29 is 13.9 Å². The van der Waals surface area contributed by atoms with E-state index in [1.54, 1.807) is 19.2 Å². The van der Waals surface area contributed by atoms with Crippen LogP contribution in [0.25, 0.3) is 11.3 Å². The van der Waals surface area contributed by atoms with Gasteiger partial charge in [0.05, 0.1) is 12.8 Å². The lowest BCUT2D eigenvalue weighted by Crippen LogP contribution is -2.34. The Balaban J connectivity index is 1.78. The number of carbonyl (C=O) groups excluding carboxylic acids is 1. The van der Waals surface area contributed by atoms with Crippen LogP contribution in [-0.4, -0.2) is 43.1 Å². The third kappa shape index (κ3) is 3.61. The molecule has 1 amide bonds. The first-order valence-corrected chi connectivity index (χ1v) is 9.77. The first-order valence-electron chi connectivity index (χ1n) is 9.77. The van der Waals surface area contributed by atoms with Gasteiger partial charge in [-0.25, -0.2) is 9.18 Å². The second kappa shape index (κ2) is 8.16. The third-order valence-corrected chi connectivity index (χ3v) is 5.16. The summed E-state index contributed by atoms with van der Waals surface area (Å²) in [5.74, 6) is 0.946. The maximum atomic E-state index is 13.6. The van der Waals surface area contributed by atoms with E-state index < -0.39 is 0 Å². The van der Waals surface area contributed by atoms with Crippen LogP contribution in [0.1, 0.15) is 16.7 Å². The molecular formula is C22H24FN5O2. The van der Waals surface area contributed by atoms with E-state index in [-0.39, 0.29) is 11.8 Å². The number of hydrogen-bond donors (Lipinski definition) is 3. The Bertz CT molecular complexity index is 1110. The molecule has 3 aromatic rings. The lowest BCUT2D eigenvalue weighted by atomic mass is 10.1. The number of likely N-dealkylation sites (N-methyl/N-ethyl adjacent to an activating group) is 1. The van der Waals surface area contributed by atoms with Crippen molar-refractivity contribution >= 4 is 17.5 Å². The number of anilines is 2. The standard InChI is InChI=1S/C22H24FN5O2/c1-13-9-14-10-18-20(17(14)12-19(13)30-3)28(22(29)25-8-7-24-2)27-21(18)26-16-6-4-5-15(23)11-16/h4-6,9,11-12,24H,7-8,10H2,1-3H3,(H,25,29)(H,26,27). The summed E-state index contributed by atoms with van der Waals surface area (Å²) < 4.78 is 20.5. The minimum absolute atomic E-state index is 0.318. The van der Waals surface area contributed by atoms with Crippen LogP contribution in [0.3, 0.4) is 0 Å². The Morgan fingerprint density at radius 1 is 1.27 bits per heavy atom. The number of nitrogens with one attached hydrogen (secondary N) is 3. The summed E-state index contributed by atoms with van der Waals surface area (Å²) in [7, 11) is 3.45. The van der Waals surface area contributed by atoms with Crippen molar-refractivity contribution in [3.8, 4) is 17.0 Å². The summed E-state index contributed by atoms with van der Waals surface area (Å²) >= 11 is 0. The van der Waals surface area contributed by atoms with Crippen molar-refractivity contribution in [3.63, 3.8) is 0 Å². The third-order valence-electron chi connectivity index (χ3n) is 5.16. The van der Waals surface area contributed by atoms with Crippen LogP contribution in [0.15, 0.2) is 36.4 Å². The van der Waals surface area contributed by atoms with Gasteiger partial charge in [-0.05, 0) is 49.4 Å². The number of aryl methyl sites for hydroxylation is 1. The number of hydrogen-bond acceptors (Lipinski definition) is 5. The van der Waals surface area contributed by atoms with E-state index in [0.29, 0.717) is 31.0 Å². The molecule has 0 atom stereocenters. The lowest BCUT2D eigenvalue weighted by Gasteiger charge is -2.11. The molecule has 0 spiro atoms. The van der Waals surface area contributed by atoms with Crippen molar-refractivity contribution in [1.82, 2.24) is 20.4 Å².